The number of nitrogens with zero attached hydrogens (tertiary/aromatic N) is 3. The van der Waals surface area contributed by atoms with Crippen LogP contribution in [0.1, 0.15) is 23.3 Å². The molecule has 1 N–H and O–H groups in total. The maximum absolute atomic E-state index is 13.2. The second kappa shape index (κ2) is 7.72. The minimum atomic E-state index is -0.327. The van der Waals surface area contributed by atoms with Crippen LogP contribution >= 0.6 is 0 Å². The Labute approximate surface area is 163 Å². The molecule has 2 heterocycles. The van der Waals surface area contributed by atoms with Gasteiger partial charge >= 0.3 is 0 Å². The summed E-state index contributed by atoms with van der Waals surface area (Å²) in [5, 5.41) is 2.91. The Balaban J connectivity index is 1.75. The standard InChI is InChI=1S/C21H22N4O3/c1-27-14-9-10-18(28-2)17(13-14)24-21(26)19-20(25-11-5-6-12-25)23-16-8-4-3-7-15(16)22-19/h3-4,7-10,13H,5-6,11-12H2,1-2H3,(H,24,26). The molecule has 1 amide bonds. The van der Waals surface area contributed by atoms with E-state index in [9.17, 15) is 4.79 Å². The van der Waals surface area contributed by atoms with Gasteiger partial charge in [0.25, 0.3) is 5.91 Å². The molecule has 0 aliphatic carbocycles. The SMILES string of the molecule is COc1ccc(OC)c(NC(=O)c2nc3ccccc3nc2N2CCCC2)c1. The Bertz CT molecular complexity index is 1020. The molecule has 28 heavy (non-hydrogen) atoms. The lowest BCUT2D eigenvalue weighted by atomic mass is 10.2. The maximum Gasteiger partial charge on any atom is 0.278 e. The van der Waals surface area contributed by atoms with Crippen molar-refractivity contribution in [3.8, 4) is 11.5 Å². The van der Waals surface area contributed by atoms with Gasteiger partial charge in [-0.05, 0) is 37.1 Å². The molecule has 0 spiro atoms. The van der Waals surface area contributed by atoms with E-state index in [4.69, 9.17) is 14.5 Å². The second-order valence-electron chi connectivity index (χ2n) is 6.60. The molecule has 144 valence electrons. The first kappa shape index (κ1) is 18.0. The lowest BCUT2D eigenvalue weighted by Crippen LogP contribution is -2.25. The van der Waals surface area contributed by atoms with Crippen LogP contribution < -0.4 is 19.7 Å². The molecule has 1 aliphatic rings. The van der Waals surface area contributed by atoms with Gasteiger partial charge in [0.2, 0.25) is 0 Å². The number of aromatic nitrogens is 2. The summed E-state index contributed by atoms with van der Waals surface area (Å²) < 4.78 is 10.6. The van der Waals surface area contributed by atoms with Crippen LogP contribution in [0.3, 0.4) is 0 Å². The molecule has 1 saturated heterocycles. The Morgan fingerprint density at radius 3 is 2.39 bits per heavy atom. The number of carbonyl (C=O) groups is 1. The van der Waals surface area contributed by atoms with Gasteiger partial charge in [0.05, 0.1) is 30.9 Å². The number of para-hydroxylation sites is 2. The predicted octanol–water partition coefficient (Wildman–Crippen LogP) is 3.50. The van der Waals surface area contributed by atoms with Crippen LogP contribution in [-0.2, 0) is 0 Å². The molecule has 0 bridgehead atoms. The van der Waals surface area contributed by atoms with Crippen LogP contribution in [-0.4, -0.2) is 43.2 Å². The van der Waals surface area contributed by atoms with E-state index in [1.54, 1.807) is 32.4 Å². The maximum atomic E-state index is 13.2. The Morgan fingerprint density at radius 2 is 1.71 bits per heavy atom. The van der Waals surface area contributed by atoms with Gasteiger partial charge in [0, 0.05) is 19.2 Å². The first-order valence-corrected chi connectivity index (χ1v) is 9.24. The highest BCUT2D eigenvalue weighted by molar-refractivity contribution is 6.08. The van der Waals surface area contributed by atoms with Gasteiger partial charge in [-0.25, -0.2) is 9.97 Å². The third-order valence-corrected chi connectivity index (χ3v) is 4.83. The minimum Gasteiger partial charge on any atom is -0.497 e. The molecule has 3 aromatic rings. The molecule has 1 aromatic heterocycles. The number of ether oxygens (including phenoxy) is 2. The highest BCUT2D eigenvalue weighted by atomic mass is 16.5. The summed E-state index contributed by atoms with van der Waals surface area (Å²) in [5.74, 6) is 1.47. The summed E-state index contributed by atoms with van der Waals surface area (Å²) in [6, 6.07) is 12.8. The van der Waals surface area contributed by atoms with E-state index in [0.29, 0.717) is 34.2 Å². The highest BCUT2D eigenvalue weighted by Gasteiger charge is 2.24. The molecule has 0 saturated carbocycles. The van der Waals surface area contributed by atoms with Gasteiger partial charge < -0.3 is 19.7 Å². The van der Waals surface area contributed by atoms with Gasteiger partial charge in [0.15, 0.2) is 11.5 Å². The van der Waals surface area contributed by atoms with Crippen molar-refractivity contribution in [2.24, 2.45) is 0 Å². The number of rotatable bonds is 5. The third kappa shape index (κ3) is 3.43. The predicted molar refractivity (Wildman–Crippen MR) is 108 cm³/mol. The van der Waals surface area contributed by atoms with Crippen LogP contribution in [0.4, 0.5) is 11.5 Å². The largest absolute Gasteiger partial charge is 0.497 e. The summed E-state index contributed by atoms with van der Waals surface area (Å²) in [7, 11) is 3.14. The number of benzene rings is 2. The van der Waals surface area contributed by atoms with Crippen LogP contribution in [0.25, 0.3) is 11.0 Å². The Kier molecular flexibility index (Phi) is 4.97. The lowest BCUT2D eigenvalue weighted by Gasteiger charge is -2.20. The molecular formula is C21H22N4O3. The van der Waals surface area contributed by atoms with Crippen LogP contribution in [0, 0.1) is 0 Å². The zero-order valence-electron chi connectivity index (χ0n) is 15.9. The number of hydrogen-bond acceptors (Lipinski definition) is 6. The molecule has 0 atom stereocenters. The number of carbonyl (C=O) groups excluding carboxylic acids is 1. The highest BCUT2D eigenvalue weighted by Crippen LogP contribution is 2.30. The molecule has 0 radical (unpaired) electrons. The zero-order chi connectivity index (χ0) is 19.5. The van der Waals surface area contributed by atoms with Gasteiger partial charge in [-0.3, -0.25) is 4.79 Å². The monoisotopic (exact) mass is 378 g/mol. The van der Waals surface area contributed by atoms with Crippen LogP contribution in [0.2, 0.25) is 0 Å². The van der Waals surface area contributed by atoms with Gasteiger partial charge in [-0.15, -0.1) is 0 Å². The van der Waals surface area contributed by atoms with Crippen molar-refractivity contribution < 1.29 is 14.3 Å². The Morgan fingerprint density at radius 1 is 1.00 bits per heavy atom. The number of hydrogen-bond donors (Lipinski definition) is 1. The van der Waals surface area contributed by atoms with Crippen molar-refractivity contribution in [2.75, 3.05) is 37.5 Å². The molecule has 1 fully saturated rings. The average molecular weight is 378 g/mol. The molecule has 2 aromatic carbocycles. The van der Waals surface area contributed by atoms with E-state index in [1.807, 2.05) is 24.3 Å². The first-order valence-electron chi connectivity index (χ1n) is 9.24. The quantitative estimate of drug-likeness (QED) is 0.732. The number of fused-ring (bicyclic) bond motifs is 1. The normalized spacial score (nSPS) is 13.6. The molecule has 4 rings (SSSR count). The number of anilines is 2. The number of nitrogens with one attached hydrogen (secondary N) is 1. The van der Waals surface area contributed by atoms with Crippen molar-refractivity contribution in [3.05, 3.63) is 48.2 Å². The van der Waals surface area contributed by atoms with Crippen molar-refractivity contribution in [2.45, 2.75) is 12.8 Å². The van der Waals surface area contributed by atoms with Crippen LogP contribution in [0.15, 0.2) is 42.5 Å². The molecule has 7 nitrogen and oxygen atoms in total. The smallest absolute Gasteiger partial charge is 0.278 e. The summed E-state index contributed by atoms with van der Waals surface area (Å²) in [6.07, 6.45) is 2.17. The van der Waals surface area contributed by atoms with Crippen molar-refractivity contribution in [1.29, 1.82) is 0 Å². The topological polar surface area (TPSA) is 76.6 Å². The van der Waals surface area contributed by atoms with Crippen LogP contribution in [0.5, 0.6) is 11.5 Å². The fourth-order valence-corrected chi connectivity index (χ4v) is 3.39. The van der Waals surface area contributed by atoms with Crippen molar-refractivity contribution in [1.82, 2.24) is 9.97 Å². The van der Waals surface area contributed by atoms with E-state index in [2.05, 4.69) is 15.2 Å². The minimum absolute atomic E-state index is 0.311. The zero-order valence-corrected chi connectivity index (χ0v) is 15.9. The second-order valence-corrected chi connectivity index (χ2v) is 6.60. The van der Waals surface area contributed by atoms with E-state index in [0.717, 1.165) is 31.4 Å². The molecule has 1 aliphatic heterocycles. The van der Waals surface area contributed by atoms with E-state index >= 15 is 0 Å². The van der Waals surface area contributed by atoms with Gasteiger partial charge in [-0.2, -0.15) is 0 Å². The third-order valence-electron chi connectivity index (χ3n) is 4.83. The van der Waals surface area contributed by atoms with E-state index < -0.39 is 0 Å². The van der Waals surface area contributed by atoms with Gasteiger partial charge in [0.1, 0.15) is 11.5 Å². The fourth-order valence-electron chi connectivity index (χ4n) is 3.39. The number of methoxy groups -OCH3 is 2. The lowest BCUT2D eigenvalue weighted by molar-refractivity contribution is 0.102. The van der Waals surface area contributed by atoms with E-state index in [-0.39, 0.29) is 5.91 Å². The van der Waals surface area contributed by atoms with Gasteiger partial charge in [-0.1, -0.05) is 12.1 Å². The number of amides is 1. The fraction of sp³-hybridized carbons (Fsp3) is 0.286. The summed E-state index contributed by atoms with van der Waals surface area (Å²) in [5.41, 5.74) is 2.30. The molecular weight excluding hydrogens is 356 g/mol. The van der Waals surface area contributed by atoms with Crippen molar-refractivity contribution in [3.63, 3.8) is 0 Å². The molecule has 7 heteroatoms. The van der Waals surface area contributed by atoms with E-state index in [1.165, 1.54) is 0 Å². The molecule has 0 unspecified atom stereocenters. The summed E-state index contributed by atoms with van der Waals surface area (Å²) >= 11 is 0. The first-order chi connectivity index (χ1) is 13.7. The average Bonchev–Trinajstić information content (AvgIpc) is 3.27. The summed E-state index contributed by atoms with van der Waals surface area (Å²) in [6.45, 7) is 1.74. The van der Waals surface area contributed by atoms with Crippen molar-refractivity contribution >= 4 is 28.4 Å². The summed E-state index contributed by atoms with van der Waals surface area (Å²) in [4.78, 5) is 24.7. The Hall–Kier alpha value is -3.35.